The Balaban J connectivity index is 1.59. The number of fused-ring (bicyclic) bond motifs is 11. The highest BCUT2D eigenvalue weighted by molar-refractivity contribution is 7.21. The summed E-state index contributed by atoms with van der Waals surface area (Å²) in [7, 11) is 0. The second-order valence-corrected chi connectivity index (χ2v) is 10.5. The quantitative estimate of drug-likeness (QED) is 0.248. The largest absolute Gasteiger partial charge is 0.355 e. The molecule has 6 aromatic rings. The summed E-state index contributed by atoms with van der Waals surface area (Å²) in [5.41, 5.74) is 7.71. The average Bonchev–Trinajstić information content (AvgIpc) is 3.54. The van der Waals surface area contributed by atoms with Crippen LogP contribution in [0.1, 0.15) is 22.3 Å². The molecule has 3 heteroatoms. The molecule has 0 radical (unpaired) electrons. The van der Waals surface area contributed by atoms with Gasteiger partial charge in [-0.1, -0.05) is 48.5 Å². The lowest BCUT2D eigenvalue weighted by molar-refractivity contribution is 0.770. The fraction of sp³-hybridized carbons (Fsp3) is 0.0345. The van der Waals surface area contributed by atoms with Crippen LogP contribution < -0.4 is 5.32 Å². The summed E-state index contributed by atoms with van der Waals surface area (Å²) in [5, 5.41) is 13.5. The molecule has 0 unspecified atom stereocenters. The Bertz CT molecular complexity index is 1590. The zero-order valence-corrected chi connectivity index (χ0v) is 18.7. The number of hydrogen-bond acceptors (Lipinski definition) is 3. The third-order valence-electron chi connectivity index (χ3n) is 7.19. The van der Waals surface area contributed by atoms with Crippen molar-refractivity contribution in [2.24, 2.45) is 0 Å². The number of anilines is 2. The van der Waals surface area contributed by atoms with E-state index in [0.717, 1.165) is 0 Å². The van der Waals surface area contributed by atoms with Crippen molar-refractivity contribution < 1.29 is 0 Å². The van der Waals surface area contributed by atoms with Crippen molar-refractivity contribution in [3.8, 4) is 9.75 Å². The van der Waals surface area contributed by atoms with Crippen LogP contribution in [0.5, 0.6) is 0 Å². The normalized spacial score (nSPS) is 14.8. The Morgan fingerprint density at radius 2 is 0.938 bits per heavy atom. The monoisotopic (exact) mass is 443 g/mol. The van der Waals surface area contributed by atoms with Crippen molar-refractivity contribution in [1.29, 1.82) is 0 Å². The van der Waals surface area contributed by atoms with E-state index < -0.39 is 0 Å². The predicted octanol–water partition coefficient (Wildman–Crippen LogP) is 8.54. The van der Waals surface area contributed by atoms with E-state index in [1.54, 1.807) is 0 Å². The molecule has 4 aromatic carbocycles. The smallest absolute Gasteiger partial charge is 0.0771 e. The van der Waals surface area contributed by atoms with E-state index in [1.165, 1.54) is 64.9 Å². The maximum atomic E-state index is 3.83. The Morgan fingerprint density at radius 1 is 0.500 bits per heavy atom. The van der Waals surface area contributed by atoms with Gasteiger partial charge in [-0.2, -0.15) is 0 Å². The van der Waals surface area contributed by atoms with E-state index >= 15 is 0 Å². The Hall–Kier alpha value is -3.40. The molecule has 2 aromatic heterocycles. The number of thiophene rings is 2. The van der Waals surface area contributed by atoms with Crippen molar-refractivity contribution in [2.45, 2.75) is 5.41 Å². The minimum Gasteiger partial charge on any atom is -0.355 e. The summed E-state index contributed by atoms with van der Waals surface area (Å²) in [6.45, 7) is 0. The molecule has 150 valence electrons. The zero-order valence-electron chi connectivity index (χ0n) is 17.1. The first-order valence-corrected chi connectivity index (χ1v) is 12.6. The van der Waals surface area contributed by atoms with E-state index in [0.29, 0.717) is 0 Å². The molecule has 1 aliphatic heterocycles. The summed E-state index contributed by atoms with van der Waals surface area (Å²) < 4.78 is 0. The minimum atomic E-state index is -0.283. The molecule has 0 bridgehead atoms. The van der Waals surface area contributed by atoms with Crippen molar-refractivity contribution in [3.05, 3.63) is 118 Å². The van der Waals surface area contributed by atoms with Gasteiger partial charge in [0.15, 0.2) is 0 Å². The molecule has 1 aliphatic carbocycles. The van der Waals surface area contributed by atoms with Crippen LogP contribution in [-0.4, -0.2) is 0 Å². The van der Waals surface area contributed by atoms with Crippen molar-refractivity contribution in [3.63, 3.8) is 0 Å². The minimum absolute atomic E-state index is 0.283. The third-order valence-corrected chi connectivity index (χ3v) is 9.19. The molecule has 0 saturated carbocycles. The standard InChI is InChI=1S/C29H17NS2/c1-3-7-19-15-25-23(13-17(19)5-1)29(21-9-11-31-27(21)28-22(29)10-12-32-28)24-14-18-6-2-4-8-20(18)16-26(24)30-25/h1-16,30H. The van der Waals surface area contributed by atoms with Gasteiger partial charge in [-0.05, 0) is 91.0 Å². The molecule has 3 heterocycles. The lowest BCUT2D eigenvalue weighted by Crippen LogP contribution is -2.32. The SMILES string of the molecule is c1ccc2cc3c(cc2c1)Nc1cc2ccccc2cc1C31c2ccsc2-c2sccc21. The van der Waals surface area contributed by atoms with Crippen molar-refractivity contribution in [1.82, 2.24) is 0 Å². The molecule has 32 heavy (non-hydrogen) atoms. The predicted molar refractivity (Wildman–Crippen MR) is 138 cm³/mol. The lowest BCUT2D eigenvalue weighted by Gasteiger charge is -2.40. The van der Waals surface area contributed by atoms with Crippen LogP contribution in [0.2, 0.25) is 0 Å². The van der Waals surface area contributed by atoms with Crippen LogP contribution in [0.3, 0.4) is 0 Å². The zero-order chi connectivity index (χ0) is 20.9. The van der Waals surface area contributed by atoms with Crippen molar-refractivity contribution >= 4 is 55.6 Å². The summed E-state index contributed by atoms with van der Waals surface area (Å²) in [6.07, 6.45) is 0. The van der Waals surface area contributed by atoms with Crippen LogP contribution in [0, 0.1) is 0 Å². The molecule has 1 N–H and O–H groups in total. The number of rotatable bonds is 0. The Kier molecular flexibility index (Phi) is 3.16. The summed E-state index contributed by atoms with van der Waals surface area (Å²) >= 11 is 3.75. The lowest BCUT2D eigenvalue weighted by atomic mass is 9.65. The summed E-state index contributed by atoms with van der Waals surface area (Å²) in [6, 6.07) is 31.6. The first-order chi connectivity index (χ1) is 15.8. The van der Waals surface area contributed by atoms with E-state index in [4.69, 9.17) is 0 Å². The van der Waals surface area contributed by atoms with E-state index in [9.17, 15) is 0 Å². The molecular weight excluding hydrogens is 426 g/mol. The van der Waals surface area contributed by atoms with Gasteiger partial charge in [0.25, 0.3) is 0 Å². The van der Waals surface area contributed by atoms with Gasteiger partial charge in [-0.15, -0.1) is 22.7 Å². The number of nitrogens with one attached hydrogen (secondary N) is 1. The first-order valence-electron chi connectivity index (χ1n) is 10.8. The van der Waals surface area contributed by atoms with Crippen LogP contribution in [0.25, 0.3) is 31.3 Å². The maximum Gasteiger partial charge on any atom is 0.0771 e. The van der Waals surface area contributed by atoms with E-state index in [1.807, 2.05) is 22.7 Å². The Morgan fingerprint density at radius 3 is 1.41 bits per heavy atom. The maximum absolute atomic E-state index is 3.83. The molecule has 8 rings (SSSR count). The Labute approximate surface area is 193 Å². The second-order valence-electron chi connectivity index (χ2n) is 8.69. The molecule has 0 amide bonds. The third kappa shape index (κ3) is 1.95. The van der Waals surface area contributed by atoms with Gasteiger partial charge in [0.05, 0.1) is 5.41 Å². The van der Waals surface area contributed by atoms with Crippen molar-refractivity contribution in [2.75, 3.05) is 5.32 Å². The fourth-order valence-corrected chi connectivity index (χ4v) is 7.98. The molecular formula is C29H17NS2. The van der Waals surface area contributed by atoms with E-state index in [2.05, 4.69) is 101 Å². The van der Waals surface area contributed by atoms with Gasteiger partial charge in [0.1, 0.15) is 0 Å². The average molecular weight is 444 g/mol. The molecule has 0 atom stereocenters. The fourth-order valence-electron chi connectivity index (χ4n) is 5.88. The van der Waals surface area contributed by atoms with Crippen LogP contribution in [0.4, 0.5) is 11.4 Å². The van der Waals surface area contributed by atoms with Gasteiger partial charge in [0.2, 0.25) is 0 Å². The highest BCUT2D eigenvalue weighted by atomic mass is 32.1. The first kappa shape index (κ1) is 17.2. The van der Waals surface area contributed by atoms with Gasteiger partial charge in [0, 0.05) is 21.1 Å². The van der Waals surface area contributed by atoms with Gasteiger partial charge in [-0.25, -0.2) is 0 Å². The number of benzene rings is 4. The highest BCUT2D eigenvalue weighted by Gasteiger charge is 2.51. The molecule has 1 spiro atoms. The highest BCUT2D eigenvalue weighted by Crippen LogP contribution is 2.64. The molecule has 2 aliphatic rings. The topological polar surface area (TPSA) is 12.0 Å². The summed E-state index contributed by atoms with van der Waals surface area (Å²) in [5.74, 6) is 0. The van der Waals surface area contributed by atoms with Gasteiger partial charge < -0.3 is 5.32 Å². The molecule has 0 fully saturated rings. The van der Waals surface area contributed by atoms with Gasteiger partial charge >= 0.3 is 0 Å². The van der Waals surface area contributed by atoms with Crippen LogP contribution in [-0.2, 0) is 5.41 Å². The molecule has 0 saturated heterocycles. The second kappa shape index (κ2) is 5.89. The van der Waals surface area contributed by atoms with Gasteiger partial charge in [-0.3, -0.25) is 0 Å². The van der Waals surface area contributed by atoms with Crippen LogP contribution in [0.15, 0.2) is 95.7 Å². The summed E-state index contributed by atoms with van der Waals surface area (Å²) in [4.78, 5) is 2.85. The molecule has 1 nitrogen and oxygen atoms in total. The number of hydrogen-bond donors (Lipinski definition) is 1. The van der Waals surface area contributed by atoms with E-state index in [-0.39, 0.29) is 5.41 Å². The van der Waals surface area contributed by atoms with Crippen LogP contribution >= 0.6 is 22.7 Å².